The van der Waals surface area contributed by atoms with E-state index < -0.39 is 10.0 Å². The van der Waals surface area contributed by atoms with Crippen LogP contribution in [0.2, 0.25) is 0 Å². The molecule has 1 N–H and O–H groups in total. The summed E-state index contributed by atoms with van der Waals surface area (Å²) in [6.07, 6.45) is 6.30. The molecule has 1 fully saturated rings. The van der Waals surface area contributed by atoms with Crippen LogP contribution in [0.1, 0.15) is 62.2 Å². The van der Waals surface area contributed by atoms with Crippen LogP contribution in [0.5, 0.6) is 5.75 Å². The lowest BCUT2D eigenvalue weighted by atomic mass is 9.98. The fraction of sp³-hybridized carbons (Fsp3) is 0.636. The Labute approximate surface area is 180 Å². The van der Waals surface area contributed by atoms with E-state index in [1.807, 2.05) is 0 Å². The number of hydrogen-bond acceptors (Lipinski definition) is 5. The van der Waals surface area contributed by atoms with Crippen LogP contribution in [0.25, 0.3) is 0 Å². The number of piperidine rings is 1. The minimum atomic E-state index is -3.13. The minimum absolute atomic E-state index is 0.0656. The zero-order valence-corrected chi connectivity index (χ0v) is 18.9. The third kappa shape index (κ3) is 8.44. The SMILES string of the molecule is CCCCCOc1ccc(C(=O)CCC(=O)NCC2CCN(S(C)(=O)=O)CC2)cc1. The molecular weight excluding hydrogens is 404 g/mol. The standard InChI is InChI=1S/C22H34N2O5S/c1-3-4-5-16-29-20-8-6-19(7-9-20)21(25)10-11-22(26)23-17-18-12-14-24(15-13-18)30(2,27)28/h6-9,18H,3-5,10-17H2,1-2H3,(H,23,26). The third-order valence-electron chi connectivity index (χ3n) is 5.40. The maximum Gasteiger partial charge on any atom is 0.220 e. The monoisotopic (exact) mass is 438 g/mol. The average molecular weight is 439 g/mol. The number of ether oxygens (including phenoxy) is 1. The second kappa shape index (κ2) is 12.1. The number of sulfonamides is 1. The number of amides is 1. The first kappa shape index (κ1) is 24.3. The van der Waals surface area contributed by atoms with Gasteiger partial charge in [-0.25, -0.2) is 12.7 Å². The Bertz CT molecular complexity index is 784. The Morgan fingerprint density at radius 2 is 1.77 bits per heavy atom. The molecule has 1 aromatic rings. The highest BCUT2D eigenvalue weighted by atomic mass is 32.2. The minimum Gasteiger partial charge on any atom is -0.494 e. The number of Topliss-reactive ketones (excluding diaryl/α,β-unsaturated/α-hetero) is 1. The number of ketones is 1. The van der Waals surface area contributed by atoms with Crippen LogP contribution >= 0.6 is 0 Å². The zero-order chi connectivity index (χ0) is 22.0. The Kier molecular flexibility index (Phi) is 9.78. The van der Waals surface area contributed by atoms with Gasteiger partial charge in [-0.2, -0.15) is 0 Å². The van der Waals surface area contributed by atoms with Crippen molar-refractivity contribution in [3.05, 3.63) is 29.8 Å². The van der Waals surface area contributed by atoms with Gasteiger partial charge in [-0.3, -0.25) is 9.59 Å². The molecule has 7 nitrogen and oxygen atoms in total. The van der Waals surface area contributed by atoms with Crippen molar-refractivity contribution in [2.45, 2.75) is 51.9 Å². The lowest BCUT2D eigenvalue weighted by Crippen LogP contribution is -2.41. The number of hydrogen-bond donors (Lipinski definition) is 1. The van der Waals surface area contributed by atoms with E-state index in [2.05, 4.69) is 12.2 Å². The fourth-order valence-corrected chi connectivity index (χ4v) is 4.32. The number of rotatable bonds is 12. The zero-order valence-electron chi connectivity index (χ0n) is 18.1. The molecule has 0 saturated carbocycles. The number of nitrogens with zero attached hydrogens (tertiary/aromatic N) is 1. The summed E-state index contributed by atoms with van der Waals surface area (Å²) in [5, 5.41) is 2.88. The van der Waals surface area contributed by atoms with Gasteiger partial charge in [0.1, 0.15) is 5.75 Å². The van der Waals surface area contributed by atoms with Gasteiger partial charge in [-0.05, 0) is 49.4 Å². The third-order valence-corrected chi connectivity index (χ3v) is 6.71. The number of carbonyl (C=O) groups excluding carboxylic acids is 2. The topological polar surface area (TPSA) is 92.8 Å². The van der Waals surface area contributed by atoms with Gasteiger partial charge in [0.15, 0.2) is 5.78 Å². The van der Waals surface area contributed by atoms with Crippen LogP contribution in [0, 0.1) is 5.92 Å². The lowest BCUT2D eigenvalue weighted by Gasteiger charge is -2.30. The van der Waals surface area contributed by atoms with E-state index in [0.717, 1.165) is 37.9 Å². The lowest BCUT2D eigenvalue weighted by molar-refractivity contribution is -0.121. The predicted octanol–water partition coefficient (Wildman–Crippen LogP) is 3.01. The first-order valence-corrected chi connectivity index (χ1v) is 12.6. The highest BCUT2D eigenvalue weighted by Gasteiger charge is 2.25. The summed E-state index contributed by atoms with van der Waals surface area (Å²) in [6.45, 7) is 4.33. The van der Waals surface area contributed by atoms with Gasteiger partial charge in [0, 0.05) is 38.0 Å². The second-order valence-electron chi connectivity index (χ2n) is 7.91. The summed E-state index contributed by atoms with van der Waals surface area (Å²) < 4.78 is 30.2. The summed E-state index contributed by atoms with van der Waals surface area (Å²) >= 11 is 0. The molecule has 0 bridgehead atoms. The largest absolute Gasteiger partial charge is 0.494 e. The van der Waals surface area contributed by atoms with E-state index in [4.69, 9.17) is 4.74 Å². The van der Waals surface area contributed by atoms with Crippen molar-refractivity contribution in [3.63, 3.8) is 0 Å². The van der Waals surface area contributed by atoms with Gasteiger partial charge in [0.05, 0.1) is 12.9 Å². The van der Waals surface area contributed by atoms with E-state index in [-0.39, 0.29) is 30.4 Å². The Morgan fingerprint density at radius 1 is 1.10 bits per heavy atom. The summed E-state index contributed by atoms with van der Waals surface area (Å²) in [5.41, 5.74) is 0.580. The number of carbonyl (C=O) groups is 2. The van der Waals surface area contributed by atoms with Crippen molar-refractivity contribution < 1.29 is 22.7 Å². The number of unbranched alkanes of at least 4 members (excludes halogenated alkanes) is 2. The van der Waals surface area contributed by atoms with Crippen LogP contribution in [-0.2, 0) is 14.8 Å². The van der Waals surface area contributed by atoms with Gasteiger partial charge in [-0.15, -0.1) is 0 Å². The summed E-state index contributed by atoms with van der Waals surface area (Å²) in [4.78, 5) is 24.4. The molecule has 30 heavy (non-hydrogen) atoms. The molecule has 2 rings (SSSR count). The molecule has 8 heteroatoms. The van der Waals surface area contributed by atoms with E-state index >= 15 is 0 Å². The molecule has 1 aliphatic heterocycles. The van der Waals surface area contributed by atoms with Gasteiger partial charge in [0.2, 0.25) is 15.9 Å². The Morgan fingerprint density at radius 3 is 2.37 bits per heavy atom. The van der Waals surface area contributed by atoms with Crippen molar-refractivity contribution in [2.75, 3.05) is 32.5 Å². The summed E-state index contributed by atoms with van der Waals surface area (Å²) in [6, 6.07) is 7.07. The molecule has 0 atom stereocenters. The Balaban J connectivity index is 1.65. The van der Waals surface area contributed by atoms with Crippen LogP contribution in [-0.4, -0.2) is 56.9 Å². The van der Waals surface area contributed by atoms with Crippen LogP contribution < -0.4 is 10.1 Å². The van der Waals surface area contributed by atoms with E-state index in [9.17, 15) is 18.0 Å². The molecule has 1 heterocycles. The van der Waals surface area contributed by atoms with Gasteiger partial charge in [-0.1, -0.05) is 19.8 Å². The first-order chi connectivity index (χ1) is 14.3. The van der Waals surface area contributed by atoms with Crippen molar-refractivity contribution in [1.82, 2.24) is 9.62 Å². The smallest absolute Gasteiger partial charge is 0.220 e. The maximum absolute atomic E-state index is 12.3. The number of benzene rings is 1. The summed E-state index contributed by atoms with van der Waals surface area (Å²) in [5.74, 6) is 0.809. The van der Waals surface area contributed by atoms with Crippen LogP contribution in [0.3, 0.4) is 0 Å². The molecular formula is C22H34N2O5S. The molecule has 168 valence electrons. The van der Waals surface area contributed by atoms with Crippen molar-refractivity contribution in [3.8, 4) is 5.75 Å². The first-order valence-electron chi connectivity index (χ1n) is 10.8. The molecule has 1 aromatic carbocycles. The fourth-order valence-electron chi connectivity index (χ4n) is 3.44. The number of nitrogens with one attached hydrogen (secondary N) is 1. The van der Waals surface area contributed by atoms with Gasteiger partial charge < -0.3 is 10.1 Å². The van der Waals surface area contributed by atoms with Crippen molar-refractivity contribution in [1.29, 1.82) is 0 Å². The van der Waals surface area contributed by atoms with E-state index in [1.54, 1.807) is 24.3 Å². The molecule has 0 spiro atoms. The van der Waals surface area contributed by atoms with E-state index in [0.29, 0.717) is 31.8 Å². The van der Waals surface area contributed by atoms with Crippen LogP contribution in [0.4, 0.5) is 0 Å². The second-order valence-corrected chi connectivity index (χ2v) is 9.90. The van der Waals surface area contributed by atoms with Gasteiger partial charge >= 0.3 is 0 Å². The molecule has 0 aliphatic carbocycles. The molecule has 0 radical (unpaired) electrons. The quantitative estimate of drug-likeness (QED) is 0.400. The maximum atomic E-state index is 12.3. The highest BCUT2D eigenvalue weighted by molar-refractivity contribution is 7.88. The molecule has 1 saturated heterocycles. The Hall–Kier alpha value is -1.93. The molecule has 1 amide bonds. The molecule has 0 unspecified atom stereocenters. The predicted molar refractivity (Wildman–Crippen MR) is 117 cm³/mol. The van der Waals surface area contributed by atoms with Crippen molar-refractivity contribution >= 4 is 21.7 Å². The summed E-state index contributed by atoms with van der Waals surface area (Å²) in [7, 11) is -3.13. The van der Waals surface area contributed by atoms with E-state index in [1.165, 1.54) is 10.6 Å². The van der Waals surface area contributed by atoms with Crippen LogP contribution in [0.15, 0.2) is 24.3 Å². The van der Waals surface area contributed by atoms with Gasteiger partial charge in [0.25, 0.3) is 0 Å². The molecule has 1 aliphatic rings. The normalized spacial score (nSPS) is 15.7. The average Bonchev–Trinajstić information content (AvgIpc) is 2.73. The molecule has 0 aromatic heterocycles. The van der Waals surface area contributed by atoms with Crippen molar-refractivity contribution in [2.24, 2.45) is 5.92 Å². The highest BCUT2D eigenvalue weighted by Crippen LogP contribution is 2.18.